The van der Waals surface area contributed by atoms with Crippen molar-refractivity contribution in [2.75, 3.05) is 5.73 Å². The van der Waals surface area contributed by atoms with E-state index in [1.54, 1.807) is 14.0 Å². The smallest absolute Gasteiger partial charge is 0.312 e. The lowest BCUT2D eigenvalue weighted by Crippen LogP contribution is -2.12. The highest BCUT2D eigenvalue weighted by molar-refractivity contribution is 5.77. The molecule has 0 fully saturated rings. The molecule has 15 heavy (non-hydrogen) atoms. The topological polar surface area (TPSA) is 105 Å². The summed E-state index contributed by atoms with van der Waals surface area (Å²) in [5.74, 6) is -1.57. The lowest BCUT2D eigenvalue weighted by molar-refractivity contribution is -0.138. The Kier molecular flexibility index (Phi) is 2.95. The van der Waals surface area contributed by atoms with Crippen molar-refractivity contribution in [3.63, 3.8) is 0 Å². The lowest BCUT2D eigenvalue weighted by atomic mass is 9.99. The molecule has 0 aromatic carbocycles. The van der Waals surface area contributed by atoms with Crippen molar-refractivity contribution in [1.29, 1.82) is 5.26 Å². The van der Waals surface area contributed by atoms with Crippen LogP contribution in [0.1, 0.15) is 30.5 Å². The van der Waals surface area contributed by atoms with Crippen molar-refractivity contribution in [1.82, 2.24) is 9.78 Å². The zero-order valence-corrected chi connectivity index (χ0v) is 8.56. The number of rotatable bonds is 3. The molecule has 0 aliphatic heterocycles. The maximum absolute atomic E-state index is 10.9. The Morgan fingerprint density at radius 1 is 1.80 bits per heavy atom. The fourth-order valence-electron chi connectivity index (χ4n) is 1.40. The van der Waals surface area contributed by atoms with Crippen LogP contribution in [0.15, 0.2) is 0 Å². The number of carbonyl (C=O) groups is 1. The number of aliphatic carboxylic acids is 1. The third kappa shape index (κ3) is 1.76. The summed E-state index contributed by atoms with van der Waals surface area (Å²) in [6.07, 6.45) is 0.375. The normalized spacial score (nSPS) is 12.1. The maximum Gasteiger partial charge on any atom is 0.312 e. The minimum Gasteiger partial charge on any atom is -0.481 e. The summed E-state index contributed by atoms with van der Waals surface area (Å²) in [6.45, 7) is 1.73. The van der Waals surface area contributed by atoms with Gasteiger partial charge in [0.15, 0.2) is 0 Å². The number of nitrogens with zero attached hydrogens (tertiary/aromatic N) is 3. The quantitative estimate of drug-likeness (QED) is 0.750. The van der Waals surface area contributed by atoms with E-state index in [2.05, 4.69) is 5.10 Å². The summed E-state index contributed by atoms with van der Waals surface area (Å²) < 4.78 is 1.32. The van der Waals surface area contributed by atoms with Crippen molar-refractivity contribution in [2.24, 2.45) is 7.05 Å². The first kappa shape index (κ1) is 11.0. The zero-order valence-electron chi connectivity index (χ0n) is 8.56. The summed E-state index contributed by atoms with van der Waals surface area (Å²) >= 11 is 0. The predicted molar refractivity (Wildman–Crippen MR) is 53.0 cm³/mol. The Morgan fingerprint density at radius 3 is 2.80 bits per heavy atom. The molecule has 0 saturated carbocycles. The number of hydrogen-bond donors (Lipinski definition) is 2. The van der Waals surface area contributed by atoms with Gasteiger partial charge in [-0.25, -0.2) is 0 Å². The van der Waals surface area contributed by atoms with Gasteiger partial charge in [-0.2, -0.15) is 10.4 Å². The van der Waals surface area contributed by atoms with Crippen LogP contribution in [0.4, 0.5) is 5.82 Å². The average molecular weight is 208 g/mol. The van der Waals surface area contributed by atoms with E-state index in [-0.39, 0.29) is 17.1 Å². The monoisotopic (exact) mass is 208 g/mol. The summed E-state index contributed by atoms with van der Waals surface area (Å²) in [4.78, 5) is 10.9. The first-order chi connectivity index (χ1) is 7.02. The first-order valence-corrected chi connectivity index (χ1v) is 4.48. The van der Waals surface area contributed by atoms with E-state index in [0.717, 1.165) is 0 Å². The molecule has 0 aliphatic rings. The van der Waals surface area contributed by atoms with Crippen LogP contribution >= 0.6 is 0 Å². The Balaban J connectivity index is 3.31. The van der Waals surface area contributed by atoms with Crippen LogP contribution in [-0.2, 0) is 11.8 Å². The predicted octanol–water partition coefficient (Wildman–Crippen LogP) is 0.452. The van der Waals surface area contributed by atoms with Gasteiger partial charge in [-0.3, -0.25) is 9.48 Å². The number of anilines is 1. The van der Waals surface area contributed by atoms with Gasteiger partial charge in [-0.1, -0.05) is 6.92 Å². The molecule has 1 aromatic rings. The van der Waals surface area contributed by atoms with Crippen LogP contribution in [0, 0.1) is 11.3 Å². The number of nitrogens with two attached hydrogens (primary N) is 1. The van der Waals surface area contributed by atoms with Crippen LogP contribution in [0.5, 0.6) is 0 Å². The summed E-state index contributed by atoms with van der Waals surface area (Å²) in [5.41, 5.74) is 5.99. The number of hydrogen-bond acceptors (Lipinski definition) is 4. The van der Waals surface area contributed by atoms with E-state index in [1.807, 2.05) is 6.07 Å². The van der Waals surface area contributed by atoms with Gasteiger partial charge in [0.2, 0.25) is 0 Å². The Bertz CT molecular complexity index is 430. The van der Waals surface area contributed by atoms with Crippen LogP contribution < -0.4 is 5.73 Å². The molecular weight excluding hydrogens is 196 g/mol. The largest absolute Gasteiger partial charge is 0.481 e. The first-order valence-electron chi connectivity index (χ1n) is 4.48. The highest BCUT2D eigenvalue weighted by Gasteiger charge is 2.26. The van der Waals surface area contributed by atoms with Crippen molar-refractivity contribution in [3.8, 4) is 6.07 Å². The molecule has 3 N–H and O–H groups in total. The molecule has 0 amide bonds. The minimum absolute atomic E-state index is 0.159. The van der Waals surface area contributed by atoms with E-state index in [4.69, 9.17) is 16.1 Å². The molecule has 6 nitrogen and oxygen atoms in total. The SMILES string of the molecule is CCC(C(=O)O)c1nn(C)c(N)c1C#N. The molecule has 0 aliphatic carbocycles. The van der Waals surface area contributed by atoms with Gasteiger partial charge in [0.25, 0.3) is 0 Å². The van der Waals surface area contributed by atoms with E-state index < -0.39 is 11.9 Å². The van der Waals surface area contributed by atoms with E-state index >= 15 is 0 Å². The second kappa shape index (κ2) is 4.00. The van der Waals surface area contributed by atoms with Crippen LogP contribution in [-0.4, -0.2) is 20.9 Å². The van der Waals surface area contributed by atoms with Gasteiger partial charge in [0.1, 0.15) is 23.4 Å². The van der Waals surface area contributed by atoms with Gasteiger partial charge >= 0.3 is 5.97 Å². The number of aromatic nitrogens is 2. The van der Waals surface area contributed by atoms with Gasteiger partial charge < -0.3 is 10.8 Å². The maximum atomic E-state index is 10.9. The number of aryl methyl sites for hydroxylation is 1. The second-order valence-corrected chi connectivity index (χ2v) is 3.18. The molecule has 1 rings (SSSR count). The van der Waals surface area contributed by atoms with E-state index in [9.17, 15) is 4.79 Å². The number of carboxylic acids is 1. The van der Waals surface area contributed by atoms with Crippen molar-refractivity contribution >= 4 is 11.8 Å². The van der Waals surface area contributed by atoms with Crippen molar-refractivity contribution in [3.05, 3.63) is 11.3 Å². The molecule has 1 heterocycles. The molecular formula is C9H12N4O2. The molecule has 0 bridgehead atoms. The summed E-state index contributed by atoms with van der Waals surface area (Å²) in [5, 5.41) is 21.8. The molecule has 1 atom stereocenters. The van der Waals surface area contributed by atoms with Crippen molar-refractivity contribution < 1.29 is 9.90 Å². The average Bonchev–Trinajstić information content (AvgIpc) is 2.44. The molecule has 1 unspecified atom stereocenters. The fraction of sp³-hybridized carbons (Fsp3) is 0.444. The van der Waals surface area contributed by atoms with Crippen molar-refractivity contribution in [2.45, 2.75) is 19.3 Å². The molecule has 0 radical (unpaired) electrons. The minimum atomic E-state index is -0.993. The van der Waals surface area contributed by atoms with Crippen LogP contribution in [0.3, 0.4) is 0 Å². The Hall–Kier alpha value is -2.03. The van der Waals surface area contributed by atoms with Gasteiger partial charge in [-0.15, -0.1) is 0 Å². The van der Waals surface area contributed by atoms with Crippen LogP contribution in [0.25, 0.3) is 0 Å². The van der Waals surface area contributed by atoms with E-state index in [0.29, 0.717) is 6.42 Å². The standard InChI is InChI=1S/C9H12N4O2/c1-3-5(9(14)15)7-6(4-10)8(11)13(2)12-7/h5H,3,11H2,1-2H3,(H,14,15). The number of nitrogen functional groups attached to an aromatic ring is 1. The Labute approximate surface area is 86.9 Å². The highest BCUT2D eigenvalue weighted by Crippen LogP contribution is 2.25. The van der Waals surface area contributed by atoms with E-state index in [1.165, 1.54) is 4.68 Å². The Morgan fingerprint density at radius 2 is 2.40 bits per heavy atom. The van der Waals surface area contributed by atoms with Crippen LogP contribution in [0.2, 0.25) is 0 Å². The second-order valence-electron chi connectivity index (χ2n) is 3.18. The zero-order chi connectivity index (χ0) is 11.6. The molecule has 80 valence electrons. The third-order valence-electron chi connectivity index (χ3n) is 2.27. The summed E-state index contributed by atoms with van der Waals surface area (Å²) in [6, 6.07) is 1.88. The molecule has 0 saturated heterocycles. The molecule has 6 heteroatoms. The van der Waals surface area contributed by atoms with Gasteiger partial charge in [0, 0.05) is 7.05 Å². The van der Waals surface area contributed by atoms with Gasteiger partial charge in [-0.05, 0) is 6.42 Å². The van der Waals surface area contributed by atoms with Gasteiger partial charge in [0.05, 0.1) is 5.69 Å². The molecule has 1 aromatic heterocycles. The highest BCUT2D eigenvalue weighted by atomic mass is 16.4. The lowest BCUT2D eigenvalue weighted by Gasteiger charge is -2.05. The fourth-order valence-corrected chi connectivity index (χ4v) is 1.40. The number of carboxylic acid groups (broad SMARTS) is 1. The number of nitriles is 1. The third-order valence-corrected chi connectivity index (χ3v) is 2.27. The summed E-state index contributed by atoms with van der Waals surface area (Å²) in [7, 11) is 1.58. The molecule has 0 spiro atoms.